The molecule has 1 aliphatic heterocycles. The molecule has 7 rings (SSSR count). The van der Waals surface area contributed by atoms with Crippen LogP contribution >= 0.6 is 11.6 Å². The molecule has 0 aliphatic carbocycles. The normalized spacial score (nSPS) is 13.0. The lowest BCUT2D eigenvalue weighted by Gasteiger charge is -2.14. The summed E-state index contributed by atoms with van der Waals surface area (Å²) >= 11 is 6.99. The molecule has 44 heavy (non-hydrogen) atoms. The Hall–Kier alpha value is -4.66. The van der Waals surface area contributed by atoms with Gasteiger partial charge in [0.05, 0.1) is 48.3 Å². The van der Waals surface area contributed by atoms with Gasteiger partial charge in [0.25, 0.3) is 0 Å². The number of rotatable bonds is 6. The zero-order valence-corrected chi connectivity index (χ0v) is 25.3. The molecule has 0 atom stereocenters. The van der Waals surface area contributed by atoms with Crippen molar-refractivity contribution < 1.29 is 19.4 Å². The number of aromatic carboxylic acids is 1. The molecule has 0 radical (unpaired) electrons. The number of nitrogens with zero attached hydrogens (tertiary/aromatic N) is 4. The summed E-state index contributed by atoms with van der Waals surface area (Å²) in [6, 6.07) is 21.8. The van der Waals surface area contributed by atoms with Crippen molar-refractivity contribution >= 4 is 39.2 Å². The number of halogens is 1. The number of hydrogen-bond acceptors (Lipinski definition) is 5. The third-order valence-corrected chi connectivity index (χ3v) is 8.82. The van der Waals surface area contributed by atoms with Crippen LogP contribution in [-0.2, 0) is 38.0 Å². The van der Waals surface area contributed by atoms with Crippen LogP contribution in [0.4, 0.5) is 0 Å². The zero-order valence-electron chi connectivity index (χ0n) is 24.5. The number of carboxylic acids is 1. The topological polar surface area (TPSA) is 91.4 Å². The Labute approximate surface area is 259 Å². The molecular formula is C35H31ClN4O4. The Morgan fingerprint density at radius 1 is 1.00 bits per heavy atom. The second-order valence-corrected chi connectivity index (χ2v) is 11.5. The molecule has 4 heterocycles. The van der Waals surface area contributed by atoms with E-state index in [4.69, 9.17) is 26.2 Å². The number of ether oxygens (including phenoxy) is 2. The summed E-state index contributed by atoms with van der Waals surface area (Å²) in [5.74, 6) is -0.175. The van der Waals surface area contributed by atoms with E-state index in [0.717, 1.165) is 66.8 Å². The van der Waals surface area contributed by atoms with Crippen molar-refractivity contribution in [1.82, 2.24) is 19.3 Å². The van der Waals surface area contributed by atoms with Crippen LogP contribution in [0.15, 0.2) is 72.9 Å². The molecule has 1 N–H and O–H groups in total. The van der Waals surface area contributed by atoms with Gasteiger partial charge in [-0.1, -0.05) is 60.1 Å². The number of benzene rings is 3. The smallest absolute Gasteiger partial charge is 0.352 e. The predicted octanol–water partition coefficient (Wildman–Crippen LogP) is 7.34. The molecule has 8 nitrogen and oxygen atoms in total. The van der Waals surface area contributed by atoms with E-state index in [2.05, 4.69) is 17.1 Å². The first kappa shape index (κ1) is 28.1. The van der Waals surface area contributed by atoms with Gasteiger partial charge in [-0.25, -0.2) is 4.79 Å². The Morgan fingerprint density at radius 2 is 1.82 bits per heavy atom. The molecule has 222 valence electrons. The van der Waals surface area contributed by atoms with E-state index in [9.17, 15) is 9.90 Å². The maximum absolute atomic E-state index is 13.1. The Bertz CT molecular complexity index is 2060. The number of hydrogen-bond donors (Lipinski definition) is 1. The summed E-state index contributed by atoms with van der Waals surface area (Å²) in [4.78, 5) is 17.7. The number of carboxylic acid groups (broad SMARTS) is 1. The lowest BCUT2D eigenvalue weighted by molar-refractivity contribution is 0.0684. The predicted molar refractivity (Wildman–Crippen MR) is 170 cm³/mol. The SMILES string of the molecule is Cc1c2c(nn1C)COCc1ncccc1Cn1c(C(=O)O)c(CCCOc3cccc4ccccc34)c3ccc(Cl)c-2c31. The molecule has 0 saturated heterocycles. The van der Waals surface area contributed by atoms with E-state index in [1.165, 1.54) is 0 Å². The summed E-state index contributed by atoms with van der Waals surface area (Å²) in [6.07, 6.45) is 2.87. The van der Waals surface area contributed by atoms with E-state index < -0.39 is 5.97 Å². The van der Waals surface area contributed by atoms with Gasteiger partial charge in [-0.05, 0) is 54.5 Å². The van der Waals surface area contributed by atoms with Gasteiger partial charge >= 0.3 is 5.97 Å². The van der Waals surface area contributed by atoms with Crippen molar-refractivity contribution in [3.63, 3.8) is 0 Å². The van der Waals surface area contributed by atoms with Crippen LogP contribution in [0.2, 0.25) is 5.02 Å². The molecule has 0 spiro atoms. The summed E-state index contributed by atoms with van der Waals surface area (Å²) < 4.78 is 16.0. The summed E-state index contributed by atoms with van der Waals surface area (Å²) in [5, 5.41) is 19.0. The van der Waals surface area contributed by atoms with Crippen LogP contribution in [0, 0.1) is 6.92 Å². The van der Waals surface area contributed by atoms with Crippen LogP contribution < -0.4 is 4.74 Å². The Kier molecular flexibility index (Phi) is 7.32. The first-order chi connectivity index (χ1) is 21.4. The maximum atomic E-state index is 13.1. The Morgan fingerprint density at radius 3 is 2.68 bits per heavy atom. The van der Waals surface area contributed by atoms with Crippen LogP contribution in [0.1, 0.15) is 45.1 Å². The van der Waals surface area contributed by atoms with Crippen LogP contribution in [-0.4, -0.2) is 37.0 Å². The number of aromatic nitrogens is 4. The number of fused-ring (bicyclic) bond motifs is 4. The van der Waals surface area contributed by atoms with Gasteiger partial charge in [0.15, 0.2) is 0 Å². The molecule has 9 heteroatoms. The van der Waals surface area contributed by atoms with Crippen molar-refractivity contribution in [1.29, 1.82) is 0 Å². The van der Waals surface area contributed by atoms with Gasteiger partial charge in [0, 0.05) is 40.8 Å². The van der Waals surface area contributed by atoms with Gasteiger partial charge in [-0.15, -0.1) is 0 Å². The van der Waals surface area contributed by atoms with Gasteiger partial charge < -0.3 is 19.1 Å². The molecule has 3 aromatic heterocycles. The van der Waals surface area contributed by atoms with Crippen molar-refractivity contribution in [3.05, 3.63) is 112 Å². The minimum Gasteiger partial charge on any atom is -0.493 e. The largest absolute Gasteiger partial charge is 0.493 e. The molecule has 0 bridgehead atoms. The van der Waals surface area contributed by atoms with E-state index >= 15 is 0 Å². The molecule has 3 aromatic carbocycles. The minimum atomic E-state index is -0.993. The number of aryl methyl sites for hydroxylation is 2. The second kappa shape index (κ2) is 11.4. The Balaban J connectivity index is 1.36. The summed E-state index contributed by atoms with van der Waals surface area (Å²) in [7, 11) is 1.89. The highest BCUT2D eigenvalue weighted by atomic mass is 35.5. The van der Waals surface area contributed by atoms with Gasteiger partial charge in [-0.2, -0.15) is 5.10 Å². The van der Waals surface area contributed by atoms with Gasteiger partial charge in [-0.3, -0.25) is 9.67 Å². The highest BCUT2D eigenvalue weighted by Crippen LogP contribution is 2.43. The number of carbonyl (C=O) groups is 1. The molecule has 6 aromatic rings. The maximum Gasteiger partial charge on any atom is 0.352 e. The quantitative estimate of drug-likeness (QED) is 0.199. The molecule has 0 unspecified atom stereocenters. The molecule has 1 aliphatic rings. The number of pyridine rings is 1. The van der Waals surface area contributed by atoms with Crippen molar-refractivity contribution in [2.75, 3.05) is 6.61 Å². The first-order valence-electron chi connectivity index (χ1n) is 14.6. The molecule has 0 amide bonds. The lowest BCUT2D eigenvalue weighted by Crippen LogP contribution is -2.14. The molecule has 0 saturated carbocycles. The monoisotopic (exact) mass is 606 g/mol. The van der Waals surface area contributed by atoms with Crippen LogP contribution in [0.25, 0.3) is 32.8 Å². The first-order valence-corrected chi connectivity index (χ1v) is 15.0. The summed E-state index contributed by atoms with van der Waals surface area (Å²) in [6.45, 7) is 3.29. The van der Waals surface area contributed by atoms with E-state index in [1.807, 2.05) is 77.8 Å². The third kappa shape index (κ3) is 4.80. The van der Waals surface area contributed by atoms with Crippen LogP contribution in [0.5, 0.6) is 5.75 Å². The fourth-order valence-corrected chi connectivity index (χ4v) is 6.65. The molecule has 0 fully saturated rings. The highest BCUT2D eigenvalue weighted by molar-refractivity contribution is 6.35. The minimum absolute atomic E-state index is 0.242. The van der Waals surface area contributed by atoms with Crippen molar-refractivity contribution in [3.8, 4) is 16.9 Å². The van der Waals surface area contributed by atoms with Crippen molar-refractivity contribution in [2.45, 2.75) is 39.5 Å². The van der Waals surface area contributed by atoms with E-state index in [0.29, 0.717) is 31.0 Å². The van der Waals surface area contributed by atoms with E-state index in [-0.39, 0.29) is 18.9 Å². The highest BCUT2D eigenvalue weighted by Gasteiger charge is 2.29. The summed E-state index contributed by atoms with van der Waals surface area (Å²) in [5.41, 5.74) is 6.71. The van der Waals surface area contributed by atoms with Gasteiger partial charge in [0.2, 0.25) is 0 Å². The fourth-order valence-electron chi connectivity index (χ4n) is 6.40. The van der Waals surface area contributed by atoms with Crippen LogP contribution in [0.3, 0.4) is 0 Å². The lowest BCUT2D eigenvalue weighted by atomic mass is 9.98. The third-order valence-electron chi connectivity index (χ3n) is 8.51. The fraction of sp³-hybridized carbons (Fsp3) is 0.229. The average Bonchev–Trinajstić information content (AvgIpc) is 3.47. The standard InChI is InChI=1S/C35H31ClN4O4/c1-21-31-29(38-39(21)2)20-43-19-28-23(10-6-16-37-28)18-40-33-26(14-15-27(36)32(31)33)25(34(40)35(41)42)12-7-17-44-30-13-5-9-22-8-3-4-11-24(22)30/h3-6,8-11,13-16H,7,12,17-20H2,1-2H3,(H,41,42). The van der Waals surface area contributed by atoms with Gasteiger partial charge in [0.1, 0.15) is 11.4 Å². The van der Waals surface area contributed by atoms with Crippen molar-refractivity contribution in [2.24, 2.45) is 7.05 Å². The zero-order chi connectivity index (χ0) is 30.4. The van der Waals surface area contributed by atoms with E-state index in [1.54, 1.807) is 6.20 Å². The average molecular weight is 607 g/mol. The molecular weight excluding hydrogens is 576 g/mol. The second-order valence-electron chi connectivity index (χ2n) is 11.1.